The third-order valence-electron chi connectivity index (χ3n) is 22.8. The summed E-state index contributed by atoms with van der Waals surface area (Å²) in [6.07, 6.45) is 25.8. The maximum Gasteiger partial charge on any atom is 0.514 e. The number of halogens is 7. The minimum atomic E-state index is -2.31. The number of benzene rings is 1. The molecule has 4 aromatic heterocycles. The van der Waals surface area contributed by atoms with E-state index in [-0.39, 0.29) is 69.7 Å². The molecule has 1 aromatic carbocycles. The van der Waals surface area contributed by atoms with Crippen LogP contribution in [0.15, 0.2) is 12.7 Å². The maximum absolute atomic E-state index is 14.2. The van der Waals surface area contributed by atoms with Crippen LogP contribution in [0.1, 0.15) is 141 Å². The molecule has 12 saturated carbocycles. The third-order valence-corrected chi connectivity index (χ3v) is 22.8. The van der Waals surface area contributed by atoms with E-state index in [1.807, 2.05) is 0 Å². The van der Waals surface area contributed by atoms with Gasteiger partial charge in [-0.1, -0.05) is 11.8 Å². The second-order valence-corrected chi connectivity index (χ2v) is 29.5. The lowest BCUT2D eigenvalue weighted by Gasteiger charge is -2.56. The molecular formula is C66H73F7N10O13. The molecule has 96 heavy (non-hydrogen) atoms. The van der Waals surface area contributed by atoms with Gasteiger partial charge in [0.1, 0.15) is 45.0 Å². The van der Waals surface area contributed by atoms with Gasteiger partial charge in [-0.25, -0.2) is 37.5 Å². The van der Waals surface area contributed by atoms with Crippen LogP contribution in [0.4, 0.5) is 56.8 Å². The predicted octanol–water partition coefficient (Wildman–Crippen LogP) is 10.3. The van der Waals surface area contributed by atoms with Gasteiger partial charge in [0, 0.05) is 29.1 Å². The fourth-order valence-electron chi connectivity index (χ4n) is 20.0. The molecule has 14 fully saturated rings. The first-order valence-corrected chi connectivity index (χ1v) is 32.8. The topological polar surface area (TPSA) is 305 Å². The molecule has 19 rings (SSSR count). The molecule has 14 aliphatic rings. The van der Waals surface area contributed by atoms with Gasteiger partial charge in [-0.2, -0.15) is 37.5 Å². The van der Waals surface area contributed by atoms with Crippen LogP contribution in [0.3, 0.4) is 0 Å². The Morgan fingerprint density at radius 1 is 0.510 bits per heavy atom. The summed E-state index contributed by atoms with van der Waals surface area (Å²) in [5.41, 5.74) is 8.72. The molecule has 6 N–H and O–H groups in total. The lowest BCUT2D eigenvalue weighted by Crippen LogP contribution is -2.49. The van der Waals surface area contributed by atoms with Crippen molar-refractivity contribution in [2.24, 2.45) is 69.5 Å². The Kier molecular flexibility index (Phi) is 17.0. The zero-order chi connectivity index (χ0) is 67.4. The zero-order valence-corrected chi connectivity index (χ0v) is 52.3. The highest BCUT2D eigenvalue weighted by molar-refractivity contribution is 5.82. The molecule has 0 radical (unpaired) electrons. The minimum Gasteiger partial charge on any atom is -0.434 e. The predicted molar refractivity (Wildman–Crippen MR) is 319 cm³/mol. The van der Waals surface area contributed by atoms with E-state index in [9.17, 15) is 55.3 Å². The molecular weight excluding hydrogens is 1270 g/mol. The Hall–Kier alpha value is -7.80. The quantitative estimate of drug-likeness (QED) is 0.0124. The number of aromatic nitrogens is 8. The number of nitrogen functional groups attached to an aromatic ring is 2. The van der Waals surface area contributed by atoms with E-state index in [1.165, 1.54) is 79.6 Å². The molecule has 6 heterocycles. The van der Waals surface area contributed by atoms with Crippen LogP contribution in [0, 0.1) is 135 Å². The van der Waals surface area contributed by atoms with Crippen molar-refractivity contribution in [3.8, 4) is 30.4 Å². The number of fused-ring (bicyclic) bond motifs is 2. The Bertz CT molecular complexity index is 3840. The summed E-state index contributed by atoms with van der Waals surface area (Å²) < 4.78 is 141. The number of hydrogen-bond acceptors (Lipinski definition) is 21. The van der Waals surface area contributed by atoms with Crippen molar-refractivity contribution >= 4 is 52.4 Å². The Morgan fingerprint density at radius 3 is 1.25 bits per heavy atom. The summed E-state index contributed by atoms with van der Waals surface area (Å²) in [5.74, 6) is -1.99. The number of ether oxygens (including phenoxy) is 8. The molecule has 23 nitrogen and oxygen atoms in total. The van der Waals surface area contributed by atoms with E-state index >= 15 is 0 Å². The minimum absolute atomic E-state index is 0.00527. The second kappa shape index (κ2) is 24.9. The summed E-state index contributed by atoms with van der Waals surface area (Å²) in [6, 6.07) is 0. The summed E-state index contributed by atoms with van der Waals surface area (Å²) >= 11 is 0. The van der Waals surface area contributed by atoms with E-state index in [0.717, 1.165) is 57.8 Å². The first-order valence-electron chi connectivity index (χ1n) is 32.8. The fraction of sp³-hybridized carbons (Fsp3) is 0.652. The first kappa shape index (κ1) is 65.5. The Balaban J connectivity index is 0.000000141. The van der Waals surface area contributed by atoms with Crippen molar-refractivity contribution in [1.82, 2.24) is 39.0 Å². The van der Waals surface area contributed by atoms with E-state index < -0.39 is 115 Å². The standard InChI is InChI=1S/C36H44FN5O7.C18H17F5O3.C12H12FN5O3/c1-2-36(18-47-32(43)45-16-34-10-20-3-21(11-34)5-22(4-20)12-34)26(9-27(49-36)42-19-39-28-29(38)40-31(37)41-30(28)42)48-33(44)46-17-35-13-23-6-24(14-35)8-25(7-23)15-35;19-11-12(20)14(22)16(15(23)13(11)21)26-17(24)25-7-18-4-8-1-9(5-18)3-10(2-8)6-18;1-2-12(4-19)6(20)3-7(21-12)18-5-15-8-9(14)16-11(13)17-10(8)18/h1,19-27H,3-18H2,(H2,38,40,41);8-10H,1-7H2;1,5-7,19-20H,3-4H2,(H2,14,16,17)/t20?,21?,22?,23?,24?,25?,26-,27+,34?,35?,36+;;6-,7+,12+/m0.0/s1. The van der Waals surface area contributed by atoms with Crippen LogP contribution in [0.2, 0.25) is 0 Å². The average molecular weight is 1350 g/mol. The normalized spacial score (nSPS) is 36.0. The highest BCUT2D eigenvalue weighted by Crippen LogP contribution is 2.63. The van der Waals surface area contributed by atoms with Gasteiger partial charge in [-0.05, 0) is 169 Å². The van der Waals surface area contributed by atoms with E-state index in [0.29, 0.717) is 66.5 Å². The van der Waals surface area contributed by atoms with Gasteiger partial charge in [0.25, 0.3) is 0 Å². The number of aliphatic hydroxyl groups is 2. The summed E-state index contributed by atoms with van der Waals surface area (Å²) in [5, 5.41) is 19.3. The third kappa shape index (κ3) is 12.2. The van der Waals surface area contributed by atoms with Crippen molar-refractivity contribution in [2.45, 2.75) is 164 Å². The van der Waals surface area contributed by atoms with Crippen LogP contribution in [0.25, 0.3) is 22.3 Å². The monoisotopic (exact) mass is 1350 g/mol. The Labute approximate surface area is 545 Å². The van der Waals surface area contributed by atoms with Gasteiger partial charge in [0.2, 0.25) is 40.4 Å². The summed E-state index contributed by atoms with van der Waals surface area (Å²) in [4.78, 5) is 60.9. The molecule has 2 aliphatic heterocycles. The SMILES string of the molecule is C#C[C@]1(CO)O[C@@H](n2cnc3c(N)nc(F)nc32)C[C@@H]1O.C#C[C@]1(COC(=O)OCC23CC4CC(CC(C4)C2)C3)O[C@@H](n2cnc3c(N)nc(F)nc32)C[C@@H]1OC(=O)OCC12CC3CC(CC(C3)C1)C2.O=C(OCC12CC3CC(CC(C3)C1)C2)Oc1c(F)c(F)c(F)c(F)c1F. The van der Waals surface area contributed by atoms with Crippen LogP contribution in [0.5, 0.6) is 5.75 Å². The van der Waals surface area contributed by atoms with Crippen molar-refractivity contribution in [3.05, 3.63) is 53.9 Å². The number of carbonyl (C=O) groups excluding carboxylic acids is 3. The number of rotatable bonds is 13. The number of nitrogens with zero attached hydrogens (tertiary/aromatic N) is 8. The number of anilines is 2. The molecule has 0 spiro atoms. The van der Waals surface area contributed by atoms with E-state index in [2.05, 4.69) is 46.5 Å². The highest BCUT2D eigenvalue weighted by atomic mass is 19.2. The molecule has 514 valence electrons. The molecule has 12 aliphatic carbocycles. The molecule has 30 heteroatoms. The molecule has 2 saturated heterocycles. The van der Waals surface area contributed by atoms with Crippen LogP contribution in [-0.2, 0) is 33.2 Å². The average Bonchev–Trinajstić information content (AvgIpc) is 1.37. The lowest BCUT2D eigenvalue weighted by molar-refractivity contribution is -0.121. The van der Waals surface area contributed by atoms with Crippen LogP contribution in [-0.4, -0.2) is 124 Å². The molecule has 0 unspecified atom stereocenters. The first-order chi connectivity index (χ1) is 45.9. The molecule has 5 aromatic rings. The van der Waals surface area contributed by atoms with Gasteiger partial charge in [0.15, 0.2) is 45.7 Å². The van der Waals surface area contributed by atoms with Crippen molar-refractivity contribution in [2.75, 3.05) is 44.5 Å². The second-order valence-electron chi connectivity index (χ2n) is 29.5. The Morgan fingerprint density at radius 2 is 0.865 bits per heavy atom. The van der Waals surface area contributed by atoms with Crippen molar-refractivity contribution in [1.29, 1.82) is 0 Å². The van der Waals surface area contributed by atoms with Gasteiger partial charge >= 0.3 is 30.6 Å². The largest absolute Gasteiger partial charge is 0.514 e. The number of carbonyl (C=O) groups is 3. The number of imidazole rings is 2. The summed E-state index contributed by atoms with van der Waals surface area (Å²) in [7, 11) is 0. The van der Waals surface area contributed by atoms with Crippen LogP contribution < -0.4 is 16.2 Å². The van der Waals surface area contributed by atoms with Crippen molar-refractivity contribution < 1.29 is 93.2 Å². The molecule has 6 atom stereocenters. The van der Waals surface area contributed by atoms with Gasteiger partial charge in [-0.3, -0.25) is 9.13 Å². The van der Waals surface area contributed by atoms with Crippen molar-refractivity contribution in [3.63, 3.8) is 0 Å². The summed E-state index contributed by atoms with van der Waals surface area (Å²) in [6.45, 7) is -0.342. The lowest BCUT2D eigenvalue weighted by atomic mass is 9.50. The van der Waals surface area contributed by atoms with Gasteiger partial charge in [0.05, 0.1) is 19.3 Å². The number of terminal acetylenes is 2. The number of nitrogens with two attached hydrogens (primary N) is 2. The van der Waals surface area contributed by atoms with E-state index in [1.54, 1.807) is 0 Å². The highest BCUT2D eigenvalue weighted by Gasteiger charge is 2.57. The molecule has 0 amide bonds. The number of aliphatic hydroxyl groups excluding tert-OH is 2. The number of hydrogen-bond donors (Lipinski definition) is 4. The maximum atomic E-state index is 14.2. The molecule has 12 bridgehead atoms. The van der Waals surface area contributed by atoms with Crippen LogP contribution >= 0.6 is 0 Å². The smallest absolute Gasteiger partial charge is 0.434 e. The van der Waals surface area contributed by atoms with E-state index in [4.69, 9.17) is 57.5 Å². The van der Waals surface area contributed by atoms with Gasteiger partial charge in [-0.15, -0.1) is 12.8 Å². The zero-order valence-electron chi connectivity index (χ0n) is 52.3. The van der Waals surface area contributed by atoms with Gasteiger partial charge < -0.3 is 59.6 Å². The fourth-order valence-corrected chi connectivity index (χ4v) is 20.0.